The lowest BCUT2D eigenvalue weighted by molar-refractivity contribution is -0.141. The van der Waals surface area contributed by atoms with Crippen molar-refractivity contribution in [2.75, 3.05) is 6.61 Å². The summed E-state index contributed by atoms with van der Waals surface area (Å²) >= 11 is 0. The number of pyridine rings is 1. The number of hydrogen-bond acceptors (Lipinski definition) is 4. The Kier molecular flexibility index (Phi) is 5.84. The van der Waals surface area contributed by atoms with Crippen molar-refractivity contribution in [1.82, 2.24) is 10.3 Å². The molecule has 1 atom stereocenters. The maximum absolute atomic E-state index is 11.9. The Balaban J connectivity index is 2.54. The first-order chi connectivity index (χ1) is 8.63. The standard InChI is InChI=1S/C13H18N2O3/c1-3-6-11(9-18-10(2)16)15-13(17)12-7-4-5-8-14-12/h4-5,7-8,11H,3,6,9H2,1-2H3,(H,15,17). The van der Waals surface area contributed by atoms with Crippen LogP contribution in [-0.2, 0) is 9.53 Å². The molecule has 1 aromatic rings. The second-order valence-corrected chi connectivity index (χ2v) is 3.98. The van der Waals surface area contributed by atoms with Crippen LogP contribution >= 0.6 is 0 Å². The van der Waals surface area contributed by atoms with Crippen molar-refractivity contribution in [3.63, 3.8) is 0 Å². The molecule has 0 aliphatic carbocycles. The van der Waals surface area contributed by atoms with Crippen LogP contribution in [0.25, 0.3) is 0 Å². The van der Waals surface area contributed by atoms with Crippen molar-refractivity contribution in [3.05, 3.63) is 30.1 Å². The van der Waals surface area contributed by atoms with Crippen LogP contribution in [-0.4, -0.2) is 29.5 Å². The van der Waals surface area contributed by atoms with E-state index in [4.69, 9.17) is 4.74 Å². The van der Waals surface area contributed by atoms with Gasteiger partial charge in [-0.25, -0.2) is 0 Å². The molecular weight excluding hydrogens is 232 g/mol. The van der Waals surface area contributed by atoms with Gasteiger partial charge in [0, 0.05) is 13.1 Å². The summed E-state index contributed by atoms with van der Waals surface area (Å²) in [6, 6.07) is 4.97. The molecule has 0 radical (unpaired) electrons. The highest BCUT2D eigenvalue weighted by atomic mass is 16.5. The van der Waals surface area contributed by atoms with E-state index in [1.54, 1.807) is 24.4 Å². The number of nitrogens with zero attached hydrogens (tertiary/aromatic N) is 1. The van der Waals surface area contributed by atoms with Crippen LogP contribution in [0.2, 0.25) is 0 Å². The minimum absolute atomic E-state index is 0.173. The molecule has 0 aliphatic rings. The normalized spacial score (nSPS) is 11.7. The smallest absolute Gasteiger partial charge is 0.302 e. The highest BCUT2D eigenvalue weighted by Crippen LogP contribution is 2.01. The van der Waals surface area contributed by atoms with Gasteiger partial charge in [0.05, 0.1) is 6.04 Å². The summed E-state index contributed by atoms with van der Waals surface area (Å²) in [7, 11) is 0. The molecule has 5 heteroatoms. The zero-order chi connectivity index (χ0) is 13.4. The lowest BCUT2D eigenvalue weighted by atomic mass is 10.1. The van der Waals surface area contributed by atoms with E-state index in [0.717, 1.165) is 12.8 Å². The fourth-order valence-corrected chi connectivity index (χ4v) is 1.52. The summed E-state index contributed by atoms with van der Waals surface area (Å²) in [6.07, 6.45) is 3.22. The maximum atomic E-state index is 11.9. The van der Waals surface area contributed by atoms with Gasteiger partial charge in [-0.05, 0) is 18.6 Å². The van der Waals surface area contributed by atoms with Gasteiger partial charge in [0.2, 0.25) is 0 Å². The molecular formula is C13H18N2O3. The molecule has 98 valence electrons. The minimum atomic E-state index is -0.344. The predicted octanol–water partition coefficient (Wildman–Crippen LogP) is 1.54. The number of aromatic nitrogens is 1. The molecule has 0 fully saturated rings. The monoisotopic (exact) mass is 250 g/mol. The summed E-state index contributed by atoms with van der Waals surface area (Å²) in [5.41, 5.74) is 0.362. The van der Waals surface area contributed by atoms with E-state index < -0.39 is 0 Å². The average Bonchev–Trinajstić information content (AvgIpc) is 2.37. The van der Waals surface area contributed by atoms with Crippen LogP contribution in [0.15, 0.2) is 24.4 Å². The van der Waals surface area contributed by atoms with Gasteiger partial charge in [0.15, 0.2) is 0 Å². The molecule has 1 rings (SSSR count). The third-order valence-electron chi connectivity index (χ3n) is 2.36. The lowest BCUT2D eigenvalue weighted by Gasteiger charge is -2.17. The van der Waals surface area contributed by atoms with E-state index in [1.165, 1.54) is 6.92 Å². The third kappa shape index (κ3) is 4.95. The van der Waals surface area contributed by atoms with Gasteiger partial charge < -0.3 is 10.1 Å². The summed E-state index contributed by atoms with van der Waals surface area (Å²) < 4.78 is 4.92. The number of hydrogen-bond donors (Lipinski definition) is 1. The van der Waals surface area contributed by atoms with Crippen LogP contribution in [0.5, 0.6) is 0 Å². The van der Waals surface area contributed by atoms with E-state index in [0.29, 0.717) is 5.69 Å². The maximum Gasteiger partial charge on any atom is 0.302 e. The molecule has 0 spiro atoms. The van der Waals surface area contributed by atoms with Crippen molar-refractivity contribution in [1.29, 1.82) is 0 Å². The van der Waals surface area contributed by atoms with Gasteiger partial charge in [-0.3, -0.25) is 14.6 Å². The Morgan fingerprint density at radius 1 is 1.44 bits per heavy atom. The molecule has 18 heavy (non-hydrogen) atoms. The second-order valence-electron chi connectivity index (χ2n) is 3.98. The van der Waals surface area contributed by atoms with E-state index >= 15 is 0 Å². The molecule has 5 nitrogen and oxygen atoms in total. The lowest BCUT2D eigenvalue weighted by Crippen LogP contribution is -2.38. The molecule has 0 aliphatic heterocycles. The number of rotatable bonds is 6. The number of carbonyl (C=O) groups excluding carboxylic acids is 2. The number of carbonyl (C=O) groups is 2. The molecule has 1 heterocycles. The van der Waals surface area contributed by atoms with E-state index in [-0.39, 0.29) is 24.5 Å². The Hall–Kier alpha value is -1.91. The fourth-order valence-electron chi connectivity index (χ4n) is 1.52. The van der Waals surface area contributed by atoms with Gasteiger partial charge in [0.25, 0.3) is 5.91 Å². The summed E-state index contributed by atoms with van der Waals surface area (Å²) in [5, 5.41) is 2.81. The number of nitrogens with one attached hydrogen (secondary N) is 1. The Bertz CT molecular complexity index is 392. The van der Waals surface area contributed by atoms with Gasteiger partial charge in [0.1, 0.15) is 12.3 Å². The SMILES string of the molecule is CCCC(COC(C)=O)NC(=O)c1ccccn1. The topological polar surface area (TPSA) is 68.3 Å². The summed E-state index contributed by atoms with van der Waals surface area (Å²) in [5.74, 6) is -0.593. The molecule has 0 saturated heterocycles. The highest BCUT2D eigenvalue weighted by Gasteiger charge is 2.14. The third-order valence-corrected chi connectivity index (χ3v) is 2.36. The summed E-state index contributed by atoms with van der Waals surface area (Å²) in [4.78, 5) is 26.6. The van der Waals surface area contributed by atoms with Crippen molar-refractivity contribution >= 4 is 11.9 Å². The number of ether oxygens (including phenoxy) is 1. The first-order valence-corrected chi connectivity index (χ1v) is 5.98. The van der Waals surface area contributed by atoms with Crippen molar-refractivity contribution < 1.29 is 14.3 Å². The van der Waals surface area contributed by atoms with Crippen LogP contribution in [0.4, 0.5) is 0 Å². The molecule has 1 unspecified atom stereocenters. The second kappa shape index (κ2) is 7.42. The van der Waals surface area contributed by atoms with Gasteiger partial charge in [-0.1, -0.05) is 19.4 Å². The first kappa shape index (κ1) is 14.2. The summed E-state index contributed by atoms with van der Waals surface area (Å²) in [6.45, 7) is 3.55. The Labute approximate surface area is 107 Å². The van der Waals surface area contributed by atoms with E-state index in [9.17, 15) is 9.59 Å². The zero-order valence-electron chi connectivity index (χ0n) is 10.7. The Morgan fingerprint density at radius 3 is 2.78 bits per heavy atom. The Morgan fingerprint density at radius 2 is 2.22 bits per heavy atom. The predicted molar refractivity (Wildman–Crippen MR) is 67.0 cm³/mol. The van der Waals surface area contributed by atoms with Crippen LogP contribution < -0.4 is 5.32 Å². The molecule has 1 aromatic heterocycles. The van der Waals surface area contributed by atoms with Crippen molar-refractivity contribution in [2.24, 2.45) is 0 Å². The molecule has 0 aromatic carbocycles. The van der Waals surface area contributed by atoms with Crippen LogP contribution in [0, 0.1) is 0 Å². The van der Waals surface area contributed by atoms with Gasteiger partial charge >= 0.3 is 5.97 Å². The molecule has 1 N–H and O–H groups in total. The van der Waals surface area contributed by atoms with Crippen LogP contribution in [0.1, 0.15) is 37.2 Å². The van der Waals surface area contributed by atoms with Crippen molar-refractivity contribution in [2.45, 2.75) is 32.7 Å². The number of amides is 1. The molecule has 0 saturated carbocycles. The minimum Gasteiger partial charge on any atom is -0.464 e. The zero-order valence-corrected chi connectivity index (χ0v) is 10.7. The molecule has 1 amide bonds. The van der Waals surface area contributed by atoms with Gasteiger partial charge in [-0.2, -0.15) is 0 Å². The van der Waals surface area contributed by atoms with Crippen molar-refractivity contribution in [3.8, 4) is 0 Å². The highest BCUT2D eigenvalue weighted by molar-refractivity contribution is 5.92. The number of esters is 1. The fraction of sp³-hybridized carbons (Fsp3) is 0.462. The van der Waals surface area contributed by atoms with E-state index in [1.807, 2.05) is 6.92 Å². The average molecular weight is 250 g/mol. The van der Waals surface area contributed by atoms with E-state index in [2.05, 4.69) is 10.3 Å². The van der Waals surface area contributed by atoms with Crippen LogP contribution in [0.3, 0.4) is 0 Å². The van der Waals surface area contributed by atoms with Gasteiger partial charge in [-0.15, -0.1) is 0 Å². The first-order valence-electron chi connectivity index (χ1n) is 5.98. The largest absolute Gasteiger partial charge is 0.464 e. The quantitative estimate of drug-likeness (QED) is 0.778. The molecule has 0 bridgehead atoms.